The maximum Gasteiger partial charge on any atom is 0.416 e. The second kappa shape index (κ2) is 8.52. The summed E-state index contributed by atoms with van der Waals surface area (Å²) in [6.07, 6.45) is -1.72. The van der Waals surface area contributed by atoms with Crippen molar-refractivity contribution in [1.82, 2.24) is 9.78 Å². The molecule has 0 fully saturated rings. The van der Waals surface area contributed by atoms with Gasteiger partial charge in [0.05, 0.1) is 11.1 Å². The van der Waals surface area contributed by atoms with Gasteiger partial charge in [0, 0.05) is 36.5 Å². The Morgan fingerprint density at radius 3 is 2.23 bits per heavy atom. The Balaban J connectivity index is 1.81. The second-order valence-corrected chi connectivity index (χ2v) is 6.84. The van der Waals surface area contributed by atoms with E-state index in [0.29, 0.717) is 23.2 Å². The Labute approximate surface area is 171 Å². The molecule has 0 saturated carbocycles. The maximum absolute atomic E-state index is 12.8. The van der Waals surface area contributed by atoms with E-state index in [1.807, 2.05) is 6.92 Å². The van der Waals surface area contributed by atoms with Crippen LogP contribution in [0.3, 0.4) is 0 Å². The molecule has 0 atom stereocenters. The van der Waals surface area contributed by atoms with E-state index in [4.69, 9.17) is 0 Å². The number of ketones is 1. The number of aryl methyl sites for hydroxylation is 1. The molecule has 8 heteroatoms. The molecule has 5 nitrogen and oxygen atoms in total. The predicted molar refractivity (Wildman–Crippen MR) is 107 cm³/mol. The van der Waals surface area contributed by atoms with Crippen LogP contribution in [-0.2, 0) is 13.2 Å². The number of rotatable bonds is 6. The molecule has 30 heavy (non-hydrogen) atoms. The molecule has 0 bridgehead atoms. The standard InChI is InChI=1S/C22H20F3N3O2/c1-3-4-19(29)14-7-11-17(12-8-14)26-21(30)18-13-28(2)27-20(18)15-5-9-16(10-6-15)22(23,24)25/h5-13H,3-4H2,1-2H3,(H,26,30). The minimum atomic E-state index is -4.44. The normalized spacial score (nSPS) is 11.4. The van der Waals surface area contributed by atoms with E-state index in [1.165, 1.54) is 23.0 Å². The Kier molecular flexibility index (Phi) is 6.05. The summed E-state index contributed by atoms with van der Waals surface area (Å²) in [7, 11) is 1.62. The van der Waals surface area contributed by atoms with Crippen LogP contribution in [0, 0.1) is 0 Å². The van der Waals surface area contributed by atoms with Crippen molar-refractivity contribution in [3.8, 4) is 11.3 Å². The number of carbonyl (C=O) groups is 2. The van der Waals surface area contributed by atoms with Crippen LogP contribution < -0.4 is 5.32 Å². The highest BCUT2D eigenvalue weighted by Crippen LogP contribution is 2.31. The van der Waals surface area contributed by atoms with Gasteiger partial charge in [-0.2, -0.15) is 18.3 Å². The molecule has 0 aliphatic rings. The van der Waals surface area contributed by atoms with Crippen LogP contribution in [0.5, 0.6) is 0 Å². The first-order chi connectivity index (χ1) is 14.2. The summed E-state index contributed by atoms with van der Waals surface area (Å²) >= 11 is 0. The second-order valence-electron chi connectivity index (χ2n) is 6.84. The summed E-state index contributed by atoms with van der Waals surface area (Å²) in [5, 5.41) is 6.96. The number of nitrogens with one attached hydrogen (secondary N) is 1. The fourth-order valence-electron chi connectivity index (χ4n) is 2.99. The van der Waals surface area contributed by atoms with Crippen molar-refractivity contribution in [3.63, 3.8) is 0 Å². The molecule has 0 radical (unpaired) electrons. The lowest BCUT2D eigenvalue weighted by atomic mass is 10.0. The Morgan fingerprint density at radius 1 is 1.03 bits per heavy atom. The molecular formula is C22H20F3N3O2. The maximum atomic E-state index is 12.8. The molecule has 1 amide bonds. The van der Waals surface area contributed by atoms with Crippen LogP contribution in [0.25, 0.3) is 11.3 Å². The van der Waals surface area contributed by atoms with Crippen LogP contribution >= 0.6 is 0 Å². The van der Waals surface area contributed by atoms with E-state index in [2.05, 4.69) is 10.4 Å². The van der Waals surface area contributed by atoms with Gasteiger partial charge >= 0.3 is 6.18 Å². The van der Waals surface area contributed by atoms with E-state index < -0.39 is 17.6 Å². The lowest BCUT2D eigenvalue weighted by Crippen LogP contribution is -2.12. The van der Waals surface area contributed by atoms with Crippen molar-refractivity contribution < 1.29 is 22.8 Å². The molecule has 1 heterocycles. The number of hydrogen-bond donors (Lipinski definition) is 1. The van der Waals surface area contributed by atoms with Crippen molar-refractivity contribution in [3.05, 3.63) is 71.4 Å². The molecule has 1 aromatic heterocycles. The van der Waals surface area contributed by atoms with Crippen molar-refractivity contribution >= 4 is 17.4 Å². The molecule has 1 N–H and O–H groups in total. The Morgan fingerprint density at radius 2 is 1.67 bits per heavy atom. The fraction of sp³-hybridized carbons (Fsp3) is 0.227. The number of Topliss-reactive ketones (excluding diaryl/α,β-unsaturated/α-hetero) is 1. The summed E-state index contributed by atoms with van der Waals surface area (Å²) in [6.45, 7) is 1.93. The number of carbonyl (C=O) groups excluding carboxylic acids is 2. The van der Waals surface area contributed by atoms with Gasteiger partial charge in [0.1, 0.15) is 5.69 Å². The van der Waals surface area contributed by atoms with Crippen molar-refractivity contribution in [2.45, 2.75) is 25.9 Å². The van der Waals surface area contributed by atoms with Crippen LogP contribution in [0.4, 0.5) is 18.9 Å². The van der Waals surface area contributed by atoms with E-state index >= 15 is 0 Å². The molecule has 0 aliphatic heterocycles. The summed E-state index contributed by atoms with van der Waals surface area (Å²) in [5.74, 6) is -0.419. The minimum absolute atomic E-state index is 0.0345. The van der Waals surface area contributed by atoms with Crippen LogP contribution in [0.15, 0.2) is 54.7 Å². The number of anilines is 1. The van der Waals surface area contributed by atoms with Crippen LogP contribution in [0.2, 0.25) is 0 Å². The van der Waals surface area contributed by atoms with Crippen molar-refractivity contribution in [1.29, 1.82) is 0 Å². The quantitative estimate of drug-likeness (QED) is 0.553. The van der Waals surface area contributed by atoms with Gasteiger partial charge < -0.3 is 5.32 Å². The number of aromatic nitrogens is 2. The first-order valence-electron chi connectivity index (χ1n) is 9.35. The first-order valence-corrected chi connectivity index (χ1v) is 9.35. The number of alkyl halides is 3. The monoisotopic (exact) mass is 415 g/mol. The third kappa shape index (κ3) is 4.76. The molecular weight excluding hydrogens is 395 g/mol. The lowest BCUT2D eigenvalue weighted by Gasteiger charge is -2.08. The molecule has 0 aliphatic carbocycles. The summed E-state index contributed by atoms with van der Waals surface area (Å²) in [6, 6.07) is 11.0. The zero-order chi connectivity index (χ0) is 21.9. The van der Waals surface area contributed by atoms with Gasteiger partial charge in [-0.3, -0.25) is 14.3 Å². The van der Waals surface area contributed by atoms with E-state index in [9.17, 15) is 22.8 Å². The van der Waals surface area contributed by atoms with Gasteiger partial charge in [0.25, 0.3) is 5.91 Å². The Bertz CT molecular complexity index is 1050. The number of halogens is 3. The Hall–Kier alpha value is -3.42. The lowest BCUT2D eigenvalue weighted by molar-refractivity contribution is -0.137. The third-order valence-electron chi connectivity index (χ3n) is 4.50. The summed E-state index contributed by atoms with van der Waals surface area (Å²) in [5.41, 5.74) is 1.19. The van der Waals surface area contributed by atoms with Crippen molar-refractivity contribution in [2.75, 3.05) is 5.32 Å². The first kappa shape index (κ1) is 21.3. The summed E-state index contributed by atoms with van der Waals surface area (Å²) < 4.78 is 39.8. The van der Waals surface area contributed by atoms with Crippen molar-refractivity contribution in [2.24, 2.45) is 7.05 Å². The molecule has 2 aromatic carbocycles. The number of benzene rings is 2. The third-order valence-corrected chi connectivity index (χ3v) is 4.50. The average Bonchev–Trinajstić information content (AvgIpc) is 3.10. The molecule has 156 valence electrons. The number of hydrogen-bond acceptors (Lipinski definition) is 3. The van der Waals surface area contributed by atoms with E-state index in [0.717, 1.165) is 18.6 Å². The molecule has 3 rings (SSSR count). The number of amides is 1. The smallest absolute Gasteiger partial charge is 0.322 e. The van der Waals surface area contributed by atoms with Gasteiger partial charge in [0.2, 0.25) is 0 Å². The van der Waals surface area contributed by atoms with E-state index in [1.54, 1.807) is 31.3 Å². The van der Waals surface area contributed by atoms with Gasteiger partial charge in [-0.15, -0.1) is 0 Å². The predicted octanol–water partition coefficient (Wildman–Crippen LogP) is 5.34. The topological polar surface area (TPSA) is 64.0 Å². The highest BCUT2D eigenvalue weighted by atomic mass is 19.4. The molecule has 0 saturated heterocycles. The van der Waals surface area contributed by atoms with Crippen LogP contribution in [0.1, 0.15) is 46.0 Å². The fourth-order valence-corrected chi connectivity index (χ4v) is 2.99. The minimum Gasteiger partial charge on any atom is -0.322 e. The summed E-state index contributed by atoms with van der Waals surface area (Å²) in [4.78, 5) is 24.7. The highest BCUT2D eigenvalue weighted by molar-refractivity contribution is 6.08. The zero-order valence-corrected chi connectivity index (χ0v) is 16.5. The van der Waals surface area contributed by atoms with Crippen LogP contribution in [-0.4, -0.2) is 21.5 Å². The molecule has 0 spiro atoms. The van der Waals surface area contributed by atoms with Gasteiger partial charge in [-0.1, -0.05) is 19.1 Å². The van der Waals surface area contributed by atoms with Gasteiger partial charge in [0.15, 0.2) is 5.78 Å². The highest BCUT2D eigenvalue weighted by Gasteiger charge is 2.30. The SMILES string of the molecule is CCCC(=O)c1ccc(NC(=O)c2cn(C)nc2-c2ccc(C(F)(F)F)cc2)cc1. The molecule has 0 unspecified atom stereocenters. The van der Waals surface area contributed by atoms with E-state index in [-0.39, 0.29) is 17.0 Å². The van der Waals surface area contributed by atoms with Gasteiger partial charge in [-0.05, 0) is 42.8 Å². The van der Waals surface area contributed by atoms with Gasteiger partial charge in [-0.25, -0.2) is 0 Å². The molecule has 3 aromatic rings. The largest absolute Gasteiger partial charge is 0.416 e. The number of nitrogens with zero attached hydrogens (tertiary/aromatic N) is 2. The zero-order valence-electron chi connectivity index (χ0n) is 16.5. The average molecular weight is 415 g/mol.